The number of nitrogens with zero attached hydrogens (tertiary/aromatic N) is 1. The standard InChI is InChI=1S/C16H28N2O3/c1-3-6-17-15(19)13-9-12-10-16(20-7-8-21-16)5-4-14(12)18(2)11-13/h12-14H,3-11H2,1-2H3,(H,17,19)/t12-,13-,14?/m1/s1. The minimum Gasteiger partial charge on any atom is -0.356 e. The molecule has 3 atom stereocenters. The van der Waals surface area contributed by atoms with Crippen molar-refractivity contribution in [1.82, 2.24) is 10.2 Å². The normalized spacial score (nSPS) is 35.6. The Morgan fingerprint density at radius 2 is 2.14 bits per heavy atom. The van der Waals surface area contributed by atoms with Crippen molar-refractivity contribution in [3.63, 3.8) is 0 Å². The van der Waals surface area contributed by atoms with Gasteiger partial charge in [-0.1, -0.05) is 6.92 Å². The Kier molecular flexibility index (Phi) is 4.52. The lowest BCUT2D eigenvalue weighted by atomic mass is 9.72. The topological polar surface area (TPSA) is 50.8 Å². The molecule has 0 radical (unpaired) electrons. The summed E-state index contributed by atoms with van der Waals surface area (Å²) in [6.07, 6.45) is 5.01. The van der Waals surface area contributed by atoms with Crippen molar-refractivity contribution in [1.29, 1.82) is 0 Å². The average molecular weight is 296 g/mol. The smallest absolute Gasteiger partial charge is 0.224 e. The molecule has 5 heteroatoms. The van der Waals surface area contributed by atoms with E-state index in [1.165, 1.54) is 0 Å². The minimum atomic E-state index is -0.343. The molecule has 1 saturated carbocycles. The SMILES string of the molecule is CCCNC(=O)[C@@H]1C[C@@H]2CC3(CCC2N(C)C1)OCCO3. The zero-order valence-corrected chi connectivity index (χ0v) is 13.3. The Morgan fingerprint density at radius 3 is 2.86 bits per heavy atom. The molecular formula is C16H28N2O3. The molecule has 3 fully saturated rings. The van der Waals surface area contributed by atoms with Gasteiger partial charge in [0.2, 0.25) is 5.91 Å². The summed E-state index contributed by atoms with van der Waals surface area (Å²) in [6, 6.07) is 0.582. The van der Waals surface area contributed by atoms with Gasteiger partial charge in [0.05, 0.1) is 19.1 Å². The van der Waals surface area contributed by atoms with Gasteiger partial charge >= 0.3 is 0 Å². The summed E-state index contributed by atoms with van der Waals surface area (Å²) in [5.74, 6) is 0.492. The summed E-state index contributed by atoms with van der Waals surface area (Å²) in [7, 11) is 2.16. The lowest BCUT2D eigenvalue weighted by Crippen LogP contribution is -2.55. The maximum absolute atomic E-state index is 12.3. The van der Waals surface area contributed by atoms with Crippen molar-refractivity contribution in [3.8, 4) is 0 Å². The highest BCUT2D eigenvalue weighted by Crippen LogP contribution is 2.44. The van der Waals surface area contributed by atoms with Crippen molar-refractivity contribution in [3.05, 3.63) is 0 Å². The number of hydrogen-bond acceptors (Lipinski definition) is 4. The number of rotatable bonds is 3. The van der Waals surface area contributed by atoms with Gasteiger partial charge in [-0.25, -0.2) is 0 Å². The van der Waals surface area contributed by atoms with Gasteiger partial charge in [-0.05, 0) is 32.2 Å². The number of fused-ring (bicyclic) bond motifs is 1. The third-order valence-corrected chi connectivity index (χ3v) is 5.33. The van der Waals surface area contributed by atoms with Gasteiger partial charge in [-0.15, -0.1) is 0 Å². The van der Waals surface area contributed by atoms with Gasteiger partial charge in [0.15, 0.2) is 5.79 Å². The maximum atomic E-state index is 12.3. The Morgan fingerprint density at radius 1 is 1.38 bits per heavy atom. The van der Waals surface area contributed by atoms with E-state index in [0.29, 0.717) is 25.2 Å². The molecule has 0 aromatic carbocycles. The summed E-state index contributed by atoms with van der Waals surface area (Å²) >= 11 is 0. The van der Waals surface area contributed by atoms with E-state index in [4.69, 9.17) is 9.47 Å². The number of likely N-dealkylation sites (tertiary alicyclic amines) is 1. The molecule has 1 amide bonds. The fourth-order valence-corrected chi connectivity index (χ4v) is 4.33. The van der Waals surface area contributed by atoms with E-state index < -0.39 is 0 Å². The molecule has 120 valence electrons. The van der Waals surface area contributed by atoms with Crippen molar-refractivity contribution in [2.75, 3.05) is 33.4 Å². The second kappa shape index (κ2) is 6.23. The van der Waals surface area contributed by atoms with Crippen LogP contribution in [0.4, 0.5) is 0 Å². The van der Waals surface area contributed by atoms with Gasteiger partial charge in [-0.3, -0.25) is 4.79 Å². The first-order valence-electron chi connectivity index (χ1n) is 8.39. The predicted octanol–water partition coefficient (Wildman–Crippen LogP) is 1.38. The highest BCUT2D eigenvalue weighted by molar-refractivity contribution is 5.79. The van der Waals surface area contributed by atoms with E-state index in [9.17, 15) is 4.79 Å². The molecule has 0 bridgehead atoms. The van der Waals surface area contributed by atoms with E-state index in [-0.39, 0.29) is 17.6 Å². The summed E-state index contributed by atoms with van der Waals surface area (Å²) in [5.41, 5.74) is 0. The van der Waals surface area contributed by atoms with Crippen LogP contribution in [0.25, 0.3) is 0 Å². The molecule has 2 aliphatic heterocycles. The van der Waals surface area contributed by atoms with Crippen LogP contribution < -0.4 is 5.32 Å². The summed E-state index contributed by atoms with van der Waals surface area (Å²) < 4.78 is 11.8. The second-order valence-electron chi connectivity index (χ2n) is 6.84. The molecule has 3 aliphatic rings. The summed E-state index contributed by atoms with van der Waals surface area (Å²) in [5, 5.41) is 3.05. The number of piperidine rings is 1. The molecule has 1 spiro atoms. The van der Waals surface area contributed by atoms with Crippen molar-refractivity contribution < 1.29 is 14.3 Å². The van der Waals surface area contributed by atoms with E-state index in [0.717, 1.165) is 45.2 Å². The Hall–Kier alpha value is -0.650. The maximum Gasteiger partial charge on any atom is 0.224 e. The number of amides is 1. The molecule has 1 N–H and O–H groups in total. The molecule has 5 nitrogen and oxygen atoms in total. The van der Waals surface area contributed by atoms with E-state index in [1.807, 2.05) is 0 Å². The largest absolute Gasteiger partial charge is 0.356 e. The zero-order valence-electron chi connectivity index (χ0n) is 13.3. The highest BCUT2D eigenvalue weighted by atomic mass is 16.7. The highest BCUT2D eigenvalue weighted by Gasteiger charge is 2.49. The summed E-state index contributed by atoms with van der Waals surface area (Å²) in [4.78, 5) is 14.7. The Bertz CT molecular complexity index is 382. The number of nitrogens with one attached hydrogen (secondary N) is 1. The lowest BCUT2D eigenvalue weighted by Gasteiger charge is -2.49. The van der Waals surface area contributed by atoms with Gasteiger partial charge in [-0.2, -0.15) is 0 Å². The number of carbonyl (C=O) groups excluding carboxylic acids is 1. The van der Waals surface area contributed by atoms with Crippen LogP contribution in [0.2, 0.25) is 0 Å². The molecule has 21 heavy (non-hydrogen) atoms. The van der Waals surface area contributed by atoms with Crippen LogP contribution in [0.3, 0.4) is 0 Å². The minimum absolute atomic E-state index is 0.111. The first-order chi connectivity index (χ1) is 10.1. The number of carbonyl (C=O) groups is 1. The third kappa shape index (κ3) is 3.10. The van der Waals surface area contributed by atoms with Crippen molar-refractivity contribution >= 4 is 5.91 Å². The van der Waals surface area contributed by atoms with E-state index in [1.54, 1.807) is 0 Å². The molecule has 0 aromatic heterocycles. The lowest BCUT2D eigenvalue weighted by molar-refractivity contribution is -0.202. The van der Waals surface area contributed by atoms with Crippen LogP contribution in [0.15, 0.2) is 0 Å². The van der Waals surface area contributed by atoms with Crippen molar-refractivity contribution in [2.24, 2.45) is 11.8 Å². The zero-order chi connectivity index (χ0) is 14.9. The number of ether oxygens (including phenoxy) is 2. The quantitative estimate of drug-likeness (QED) is 0.855. The molecular weight excluding hydrogens is 268 g/mol. The van der Waals surface area contributed by atoms with Crippen LogP contribution in [-0.4, -0.2) is 56.0 Å². The van der Waals surface area contributed by atoms with Gasteiger partial charge in [0.1, 0.15) is 0 Å². The molecule has 2 saturated heterocycles. The average Bonchev–Trinajstić information content (AvgIpc) is 2.92. The van der Waals surface area contributed by atoms with Gasteiger partial charge in [0.25, 0.3) is 0 Å². The predicted molar refractivity (Wildman–Crippen MR) is 79.8 cm³/mol. The Balaban J connectivity index is 1.64. The third-order valence-electron chi connectivity index (χ3n) is 5.33. The van der Waals surface area contributed by atoms with Gasteiger partial charge in [0, 0.05) is 32.0 Å². The van der Waals surface area contributed by atoms with Crippen LogP contribution in [-0.2, 0) is 14.3 Å². The molecule has 2 heterocycles. The van der Waals surface area contributed by atoms with Gasteiger partial charge < -0.3 is 19.7 Å². The monoisotopic (exact) mass is 296 g/mol. The van der Waals surface area contributed by atoms with Crippen LogP contribution in [0.5, 0.6) is 0 Å². The fourth-order valence-electron chi connectivity index (χ4n) is 4.33. The first kappa shape index (κ1) is 15.3. The van der Waals surface area contributed by atoms with Crippen molar-refractivity contribution in [2.45, 2.75) is 50.9 Å². The van der Waals surface area contributed by atoms with Crippen LogP contribution in [0.1, 0.15) is 39.0 Å². The second-order valence-corrected chi connectivity index (χ2v) is 6.84. The van der Waals surface area contributed by atoms with Crippen LogP contribution >= 0.6 is 0 Å². The fraction of sp³-hybridized carbons (Fsp3) is 0.938. The molecule has 3 rings (SSSR count). The van der Waals surface area contributed by atoms with E-state index >= 15 is 0 Å². The van der Waals surface area contributed by atoms with Crippen LogP contribution in [0, 0.1) is 11.8 Å². The van der Waals surface area contributed by atoms with E-state index in [2.05, 4.69) is 24.2 Å². The molecule has 0 aromatic rings. The summed E-state index contributed by atoms with van der Waals surface area (Å²) in [6.45, 7) is 5.18. The number of hydrogen-bond donors (Lipinski definition) is 1. The molecule has 1 aliphatic carbocycles. The molecule has 1 unspecified atom stereocenters. The Labute approximate surface area is 127 Å². The first-order valence-corrected chi connectivity index (χ1v) is 8.39.